The molecule has 0 atom stereocenters. The molecule has 1 N–H and O–H groups in total. The van der Waals surface area contributed by atoms with Crippen LogP contribution in [-0.4, -0.2) is 34.3 Å². The molecule has 0 aliphatic heterocycles. The third-order valence-corrected chi connectivity index (χ3v) is 7.23. The minimum atomic E-state index is -0.723. The summed E-state index contributed by atoms with van der Waals surface area (Å²) in [6.45, 7) is 5.89. The topological polar surface area (TPSA) is 105 Å². The number of nitrogens with zero attached hydrogens (tertiary/aromatic N) is 2. The van der Waals surface area contributed by atoms with Gasteiger partial charge in [0.05, 0.1) is 6.20 Å². The van der Waals surface area contributed by atoms with E-state index in [-0.39, 0.29) is 31.3 Å². The first-order valence-corrected chi connectivity index (χ1v) is 15.2. The van der Waals surface area contributed by atoms with Crippen LogP contribution in [0.15, 0.2) is 106 Å². The van der Waals surface area contributed by atoms with Crippen LogP contribution in [0.5, 0.6) is 11.5 Å². The Labute approximate surface area is 270 Å². The molecule has 0 aliphatic rings. The van der Waals surface area contributed by atoms with E-state index >= 15 is 0 Å². The number of benzene rings is 4. The van der Waals surface area contributed by atoms with Crippen LogP contribution >= 0.6 is 0 Å². The molecule has 0 saturated carbocycles. The van der Waals surface area contributed by atoms with Crippen molar-refractivity contribution < 1.29 is 27.8 Å². The smallest absolute Gasteiger partial charge is 0.326 e. The van der Waals surface area contributed by atoms with Gasteiger partial charge >= 0.3 is 5.97 Å². The molecule has 9 nitrogen and oxygen atoms in total. The van der Waals surface area contributed by atoms with Crippen molar-refractivity contribution in [3.05, 3.63) is 119 Å². The van der Waals surface area contributed by atoms with Gasteiger partial charge in [-0.25, -0.2) is 9.37 Å². The maximum atomic E-state index is 13.8. The molecule has 240 valence electrons. The van der Waals surface area contributed by atoms with Crippen LogP contribution in [0.4, 0.5) is 10.1 Å². The number of halogens is 1. The van der Waals surface area contributed by atoms with E-state index in [0.717, 1.165) is 27.5 Å². The van der Waals surface area contributed by atoms with E-state index in [4.69, 9.17) is 18.6 Å². The highest BCUT2D eigenvalue weighted by Crippen LogP contribution is 2.29. The molecule has 0 saturated heterocycles. The number of hydrogen-bond donors (Lipinski definition) is 1. The lowest BCUT2D eigenvalue weighted by atomic mass is 10.1. The molecule has 0 amide bonds. The summed E-state index contributed by atoms with van der Waals surface area (Å²) in [5.74, 6) is 0.549. The van der Waals surface area contributed by atoms with Crippen molar-refractivity contribution in [2.75, 3.05) is 18.5 Å². The number of anilines is 1. The molecule has 2 heterocycles. The number of carbonyl (C=O) groups excluding carboxylic acids is 1. The lowest BCUT2D eigenvalue weighted by Gasteiger charge is -2.21. The fraction of sp³-hybridized carbons (Fsp3) is 0.216. The summed E-state index contributed by atoms with van der Waals surface area (Å²) in [4.78, 5) is 31.3. The summed E-state index contributed by atoms with van der Waals surface area (Å²) in [7, 11) is 0. The van der Waals surface area contributed by atoms with Crippen molar-refractivity contribution in [1.29, 1.82) is 0 Å². The third-order valence-electron chi connectivity index (χ3n) is 7.23. The van der Waals surface area contributed by atoms with Crippen LogP contribution in [0.2, 0.25) is 0 Å². The second-order valence-corrected chi connectivity index (χ2v) is 11.9. The van der Waals surface area contributed by atoms with Gasteiger partial charge in [0, 0.05) is 22.9 Å². The zero-order valence-corrected chi connectivity index (χ0v) is 26.3. The minimum Gasteiger partial charge on any atom is -0.490 e. The van der Waals surface area contributed by atoms with E-state index in [2.05, 4.69) is 10.3 Å². The highest BCUT2D eigenvalue weighted by molar-refractivity contribution is 6.05. The Hall–Kier alpha value is -5.64. The molecule has 47 heavy (non-hydrogen) atoms. The van der Waals surface area contributed by atoms with Crippen LogP contribution < -0.4 is 20.3 Å². The fourth-order valence-corrected chi connectivity index (χ4v) is 5.12. The standard InChI is InChI=1S/C37H34FN3O6/c1-37(2,3)47-34(42)23-41-35(25-9-13-27(14-10-25)44-18-19-45-28-15-11-26(38)12-16-28)40-22-31(36(41)43)39-21-24-8-17-33-30(20-24)29-6-4-5-7-32(29)46-33/h4-17,20,22,39H,18-19,21,23H2,1-3H3. The summed E-state index contributed by atoms with van der Waals surface area (Å²) in [6.07, 6.45) is 1.48. The number of nitrogens with one attached hydrogen (secondary N) is 1. The molecule has 0 radical (unpaired) electrons. The molecule has 10 heteroatoms. The Morgan fingerprint density at radius 1 is 0.872 bits per heavy atom. The first-order chi connectivity index (χ1) is 22.6. The minimum absolute atomic E-state index is 0.246. The van der Waals surface area contributed by atoms with Crippen LogP contribution in [-0.2, 0) is 22.6 Å². The van der Waals surface area contributed by atoms with Crippen LogP contribution in [0, 0.1) is 5.82 Å². The Balaban J connectivity index is 1.19. The van der Waals surface area contributed by atoms with Gasteiger partial charge in [-0.1, -0.05) is 24.3 Å². The zero-order chi connectivity index (χ0) is 33.0. The quantitative estimate of drug-likeness (QED) is 0.116. The highest BCUT2D eigenvalue weighted by Gasteiger charge is 2.21. The van der Waals surface area contributed by atoms with Gasteiger partial charge < -0.3 is 23.9 Å². The number of fused-ring (bicyclic) bond motifs is 3. The van der Waals surface area contributed by atoms with E-state index in [1.165, 1.54) is 22.9 Å². The first-order valence-electron chi connectivity index (χ1n) is 15.2. The molecule has 0 unspecified atom stereocenters. The summed E-state index contributed by atoms with van der Waals surface area (Å²) in [6, 6.07) is 26.5. The first kappa shape index (κ1) is 31.3. The van der Waals surface area contributed by atoms with Gasteiger partial charge in [-0.2, -0.15) is 0 Å². The Morgan fingerprint density at radius 3 is 2.23 bits per heavy atom. The normalized spacial score (nSPS) is 11.5. The monoisotopic (exact) mass is 635 g/mol. The van der Waals surface area contributed by atoms with Gasteiger partial charge in [0.1, 0.15) is 65.4 Å². The molecule has 0 aliphatic carbocycles. The van der Waals surface area contributed by atoms with Crippen molar-refractivity contribution in [3.63, 3.8) is 0 Å². The zero-order valence-electron chi connectivity index (χ0n) is 26.3. The van der Waals surface area contributed by atoms with Crippen molar-refractivity contribution in [2.45, 2.75) is 39.5 Å². The van der Waals surface area contributed by atoms with Gasteiger partial charge in [0.15, 0.2) is 0 Å². The average molecular weight is 636 g/mol. The number of furan rings is 1. The molecule has 4 aromatic carbocycles. The van der Waals surface area contributed by atoms with Gasteiger partial charge in [-0.15, -0.1) is 0 Å². The van der Waals surface area contributed by atoms with E-state index in [1.54, 1.807) is 57.2 Å². The van der Waals surface area contributed by atoms with E-state index in [1.807, 2.05) is 42.5 Å². The second kappa shape index (κ2) is 13.4. The van der Waals surface area contributed by atoms with Gasteiger partial charge in [0.25, 0.3) is 5.56 Å². The Bertz CT molecular complexity index is 2080. The van der Waals surface area contributed by atoms with Gasteiger partial charge in [0.2, 0.25) is 0 Å². The molecular formula is C37H34FN3O6. The number of ether oxygens (including phenoxy) is 3. The lowest BCUT2D eigenvalue weighted by molar-refractivity contribution is -0.155. The third kappa shape index (κ3) is 7.61. The number of carbonyl (C=O) groups is 1. The summed E-state index contributed by atoms with van der Waals surface area (Å²) in [5.41, 5.74) is 2.28. The molecule has 2 aromatic heterocycles. The van der Waals surface area contributed by atoms with Crippen LogP contribution in [0.25, 0.3) is 33.3 Å². The maximum absolute atomic E-state index is 13.8. The fourth-order valence-electron chi connectivity index (χ4n) is 5.12. The van der Waals surface area contributed by atoms with E-state index in [0.29, 0.717) is 29.4 Å². The van der Waals surface area contributed by atoms with E-state index in [9.17, 15) is 14.0 Å². The summed E-state index contributed by atoms with van der Waals surface area (Å²) >= 11 is 0. The number of esters is 1. The molecule has 0 bridgehead atoms. The van der Waals surface area contributed by atoms with Crippen LogP contribution in [0.1, 0.15) is 26.3 Å². The largest absolute Gasteiger partial charge is 0.490 e. The number of hydrogen-bond acceptors (Lipinski definition) is 8. The average Bonchev–Trinajstić information content (AvgIpc) is 3.42. The summed E-state index contributed by atoms with van der Waals surface area (Å²) < 4.78 is 37.2. The van der Waals surface area contributed by atoms with Gasteiger partial charge in [-0.05, 0) is 93.1 Å². The molecule has 6 rings (SSSR count). The molecule has 0 fully saturated rings. The number of rotatable bonds is 11. The second-order valence-electron chi connectivity index (χ2n) is 11.9. The number of para-hydroxylation sites is 1. The predicted octanol–water partition coefficient (Wildman–Crippen LogP) is 7.36. The molecule has 6 aromatic rings. The van der Waals surface area contributed by atoms with Crippen molar-refractivity contribution in [1.82, 2.24) is 9.55 Å². The molecular weight excluding hydrogens is 601 g/mol. The number of aromatic nitrogens is 2. The van der Waals surface area contributed by atoms with Crippen molar-refractivity contribution in [3.8, 4) is 22.9 Å². The van der Waals surface area contributed by atoms with Crippen molar-refractivity contribution >= 4 is 33.6 Å². The lowest BCUT2D eigenvalue weighted by Crippen LogP contribution is -2.32. The van der Waals surface area contributed by atoms with Crippen LogP contribution in [0.3, 0.4) is 0 Å². The Kier molecular flexibility index (Phi) is 8.92. The predicted molar refractivity (Wildman–Crippen MR) is 178 cm³/mol. The highest BCUT2D eigenvalue weighted by atomic mass is 19.1. The summed E-state index contributed by atoms with van der Waals surface area (Å²) in [5, 5.41) is 5.21. The molecule has 0 spiro atoms. The maximum Gasteiger partial charge on any atom is 0.326 e. The Morgan fingerprint density at radius 2 is 1.53 bits per heavy atom. The van der Waals surface area contributed by atoms with Gasteiger partial charge in [-0.3, -0.25) is 14.2 Å². The van der Waals surface area contributed by atoms with Crippen molar-refractivity contribution in [2.24, 2.45) is 0 Å². The SMILES string of the molecule is CC(C)(C)OC(=O)Cn1c(-c2ccc(OCCOc3ccc(F)cc3)cc2)ncc(NCc2ccc3oc4ccccc4c3c2)c1=O. The van der Waals surface area contributed by atoms with E-state index < -0.39 is 17.1 Å².